The molecule has 23 heavy (non-hydrogen) atoms. The number of ether oxygens (including phenoxy) is 1. The number of halogens is 1. The van der Waals surface area contributed by atoms with E-state index in [0.29, 0.717) is 22.0 Å². The molecular weight excluding hydrogens is 322 g/mol. The van der Waals surface area contributed by atoms with Crippen LogP contribution in [0.2, 0.25) is 5.02 Å². The van der Waals surface area contributed by atoms with Crippen LogP contribution in [0, 0.1) is 13.8 Å². The first-order valence-corrected chi connectivity index (χ1v) is 7.15. The van der Waals surface area contributed by atoms with Crippen LogP contribution in [0.15, 0.2) is 22.8 Å². The number of anilines is 1. The summed E-state index contributed by atoms with van der Waals surface area (Å²) >= 11 is 6.04. The number of benzene rings is 1. The smallest absolute Gasteiger partial charge is 0.311 e. The van der Waals surface area contributed by atoms with Crippen molar-refractivity contribution in [2.75, 3.05) is 12.4 Å². The molecule has 0 saturated heterocycles. The zero-order chi connectivity index (χ0) is 17.1. The topological polar surface area (TPSA) is 88.8 Å². The largest absolute Gasteiger partial charge is 0.495 e. The normalized spacial score (nSPS) is 10.4. The van der Waals surface area contributed by atoms with Crippen LogP contribution < -0.4 is 10.1 Å². The highest BCUT2D eigenvalue weighted by Gasteiger charge is 2.21. The number of carboxylic acid groups (broad SMARTS) is 1. The monoisotopic (exact) mass is 337 g/mol. The maximum Gasteiger partial charge on any atom is 0.311 e. The molecule has 0 spiro atoms. The number of carbonyl (C=O) groups is 2. The third-order valence-electron chi connectivity index (χ3n) is 3.32. The molecule has 0 aliphatic carbocycles. The van der Waals surface area contributed by atoms with Gasteiger partial charge in [-0.25, -0.2) is 0 Å². The fraction of sp³-hybridized carbons (Fsp3) is 0.250. The van der Waals surface area contributed by atoms with E-state index in [4.69, 9.17) is 25.9 Å². The van der Waals surface area contributed by atoms with E-state index in [1.807, 2.05) is 0 Å². The number of aliphatic carboxylic acids is 1. The number of carboxylic acids is 1. The first kappa shape index (κ1) is 16.9. The quantitative estimate of drug-likeness (QED) is 0.872. The highest BCUT2D eigenvalue weighted by atomic mass is 35.5. The van der Waals surface area contributed by atoms with Crippen LogP contribution in [-0.2, 0) is 11.2 Å². The van der Waals surface area contributed by atoms with Crippen molar-refractivity contribution in [3.8, 4) is 5.75 Å². The number of hydrogen-bond acceptors (Lipinski definition) is 4. The van der Waals surface area contributed by atoms with Crippen LogP contribution in [0.3, 0.4) is 0 Å². The number of amides is 1. The van der Waals surface area contributed by atoms with Crippen molar-refractivity contribution in [1.82, 2.24) is 0 Å². The molecule has 0 bridgehead atoms. The lowest BCUT2D eigenvalue weighted by Gasteiger charge is -2.12. The fourth-order valence-corrected chi connectivity index (χ4v) is 2.34. The molecule has 0 aliphatic heterocycles. The molecule has 122 valence electrons. The third-order valence-corrected chi connectivity index (χ3v) is 3.73. The first-order chi connectivity index (χ1) is 10.8. The Labute approximate surface area is 138 Å². The van der Waals surface area contributed by atoms with E-state index in [1.54, 1.807) is 26.0 Å². The number of nitrogens with one attached hydrogen (secondary N) is 1. The Morgan fingerprint density at radius 2 is 2.00 bits per heavy atom. The number of rotatable bonds is 5. The molecule has 0 fully saturated rings. The standard InChI is InChI=1S/C16H16ClNO5/c1-8-4-11(12(22-3)5-10(8)17)18-16(21)15-9(2)7-23-13(15)6-14(19)20/h4-5,7H,6H2,1-3H3,(H,18,21)(H,19,20). The molecule has 1 amide bonds. The minimum atomic E-state index is -1.08. The highest BCUT2D eigenvalue weighted by Crippen LogP contribution is 2.31. The van der Waals surface area contributed by atoms with Gasteiger partial charge in [-0.15, -0.1) is 0 Å². The van der Waals surface area contributed by atoms with Crippen molar-refractivity contribution in [2.45, 2.75) is 20.3 Å². The van der Waals surface area contributed by atoms with Gasteiger partial charge in [-0.1, -0.05) is 11.6 Å². The highest BCUT2D eigenvalue weighted by molar-refractivity contribution is 6.31. The molecule has 0 unspecified atom stereocenters. The lowest BCUT2D eigenvalue weighted by atomic mass is 10.1. The summed E-state index contributed by atoms with van der Waals surface area (Å²) in [4.78, 5) is 23.4. The minimum Gasteiger partial charge on any atom is -0.495 e. The summed E-state index contributed by atoms with van der Waals surface area (Å²) in [7, 11) is 1.47. The Kier molecular flexibility index (Phi) is 4.95. The number of hydrogen-bond donors (Lipinski definition) is 2. The van der Waals surface area contributed by atoms with E-state index in [-0.39, 0.29) is 17.7 Å². The van der Waals surface area contributed by atoms with Crippen molar-refractivity contribution in [1.29, 1.82) is 0 Å². The van der Waals surface area contributed by atoms with E-state index in [1.165, 1.54) is 13.4 Å². The molecular formula is C16H16ClNO5. The molecule has 0 saturated carbocycles. The van der Waals surface area contributed by atoms with Crippen molar-refractivity contribution in [2.24, 2.45) is 0 Å². The number of methoxy groups -OCH3 is 1. The summed E-state index contributed by atoms with van der Waals surface area (Å²) < 4.78 is 10.4. The van der Waals surface area contributed by atoms with E-state index >= 15 is 0 Å². The molecule has 7 heteroatoms. The van der Waals surface area contributed by atoms with Crippen LogP contribution in [0.4, 0.5) is 5.69 Å². The molecule has 2 N–H and O–H groups in total. The molecule has 0 radical (unpaired) electrons. The van der Waals surface area contributed by atoms with Gasteiger partial charge in [0.25, 0.3) is 5.91 Å². The van der Waals surface area contributed by atoms with Crippen LogP contribution in [0.1, 0.15) is 27.2 Å². The van der Waals surface area contributed by atoms with E-state index in [9.17, 15) is 9.59 Å². The lowest BCUT2D eigenvalue weighted by molar-refractivity contribution is -0.136. The van der Waals surface area contributed by atoms with Gasteiger partial charge in [-0.05, 0) is 25.5 Å². The van der Waals surface area contributed by atoms with Gasteiger partial charge in [0.2, 0.25) is 0 Å². The van der Waals surface area contributed by atoms with Gasteiger partial charge in [0.15, 0.2) is 0 Å². The van der Waals surface area contributed by atoms with Crippen LogP contribution in [0.5, 0.6) is 5.75 Å². The summed E-state index contributed by atoms with van der Waals surface area (Å²) in [6.45, 7) is 3.48. The summed E-state index contributed by atoms with van der Waals surface area (Å²) in [5.41, 5.74) is 1.99. The van der Waals surface area contributed by atoms with Crippen LogP contribution >= 0.6 is 11.6 Å². The average molecular weight is 338 g/mol. The predicted molar refractivity (Wildman–Crippen MR) is 85.5 cm³/mol. The van der Waals surface area contributed by atoms with Crippen LogP contribution in [-0.4, -0.2) is 24.1 Å². The van der Waals surface area contributed by atoms with E-state index in [0.717, 1.165) is 5.56 Å². The van der Waals surface area contributed by atoms with Gasteiger partial charge in [-0.3, -0.25) is 9.59 Å². The third kappa shape index (κ3) is 3.65. The Morgan fingerprint density at radius 3 is 2.61 bits per heavy atom. The molecule has 6 nitrogen and oxygen atoms in total. The maximum atomic E-state index is 12.5. The maximum absolute atomic E-state index is 12.5. The molecule has 1 aromatic carbocycles. The summed E-state index contributed by atoms with van der Waals surface area (Å²) in [6, 6.07) is 3.29. The van der Waals surface area contributed by atoms with Crippen LogP contribution in [0.25, 0.3) is 0 Å². The van der Waals surface area contributed by atoms with Gasteiger partial charge < -0.3 is 19.6 Å². The zero-order valence-corrected chi connectivity index (χ0v) is 13.7. The van der Waals surface area contributed by atoms with Gasteiger partial charge >= 0.3 is 5.97 Å². The van der Waals surface area contributed by atoms with Crippen molar-refractivity contribution >= 4 is 29.2 Å². The van der Waals surface area contributed by atoms with Gasteiger partial charge in [-0.2, -0.15) is 0 Å². The van der Waals surface area contributed by atoms with Gasteiger partial charge in [0, 0.05) is 16.7 Å². The molecule has 0 atom stereocenters. The summed E-state index contributed by atoms with van der Waals surface area (Å²) in [5, 5.41) is 12.1. The lowest BCUT2D eigenvalue weighted by Crippen LogP contribution is -2.16. The SMILES string of the molecule is COc1cc(Cl)c(C)cc1NC(=O)c1c(C)coc1CC(=O)O. The number of aryl methyl sites for hydroxylation is 2. The summed E-state index contributed by atoms with van der Waals surface area (Å²) in [5.74, 6) is -1.02. The number of carbonyl (C=O) groups excluding carboxylic acids is 1. The molecule has 2 rings (SSSR count). The molecule has 0 aliphatic rings. The first-order valence-electron chi connectivity index (χ1n) is 6.77. The van der Waals surface area contributed by atoms with Crippen molar-refractivity contribution in [3.63, 3.8) is 0 Å². The number of furan rings is 1. The predicted octanol–water partition coefficient (Wildman–Crippen LogP) is 3.44. The van der Waals surface area contributed by atoms with Crippen molar-refractivity contribution in [3.05, 3.63) is 45.9 Å². The fourth-order valence-electron chi connectivity index (χ4n) is 2.19. The minimum absolute atomic E-state index is 0.108. The molecule has 2 aromatic rings. The Bertz CT molecular complexity index is 766. The van der Waals surface area contributed by atoms with E-state index < -0.39 is 11.9 Å². The Balaban J connectivity index is 2.35. The van der Waals surface area contributed by atoms with E-state index in [2.05, 4.69) is 5.32 Å². The summed E-state index contributed by atoms with van der Waals surface area (Å²) in [6.07, 6.45) is 0.991. The second kappa shape index (κ2) is 6.75. The molecule has 1 heterocycles. The second-order valence-corrected chi connectivity index (χ2v) is 5.45. The van der Waals surface area contributed by atoms with Gasteiger partial charge in [0.1, 0.15) is 17.9 Å². The second-order valence-electron chi connectivity index (χ2n) is 5.04. The van der Waals surface area contributed by atoms with Crippen molar-refractivity contribution < 1.29 is 23.8 Å². The zero-order valence-electron chi connectivity index (χ0n) is 12.9. The molecule has 1 aromatic heterocycles. The average Bonchev–Trinajstić information content (AvgIpc) is 2.82. The van der Waals surface area contributed by atoms with Gasteiger partial charge in [0.05, 0.1) is 24.6 Å². The Hall–Kier alpha value is -2.47. The Morgan fingerprint density at radius 1 is 1.30 bits per heavy atom.